The van der Waals surface area contributed by atoms with Crippen molar-refractivity contribution >= 4 is 33.5 Å². The highest BCUT2D eigenvalue weighted by atomic mass is 16.5. The molecular formula is C60H74N2O10. The summed E-state index contributed by atoms with van der Waals surface area (Å²) < 4.78 is 12.4. The molecule has 0 unspecified atom stereocenters. The van der Waals surface area contributed by atoms with Gasteiger partial charge in [0.05, 0.1) is 50.8 Å². The van der Waals surface area contributed by atoms with Crippen LogP contribution >= 0.6 is 0 Å². The molecule has 0 heterocycles. The van der Waals surface area contributed by atoms with Crippen molar-refractivity contribution in [2.24, 2.45) is 11.8 Å². The van der Waals surface area contributed by atoms with Crippen molar-refractivity contribution in [1.29, 1.82) is 0 Å². The zero-order valence-electron chi connectivity index (χ0n) is 42.1. The van der Waals surface area contributed by atoms with Crippen molar-refractivity contribution in [2.45, 2.75) is 115 Å². The van der Waals surface area contributed by atoms with Gasteiger partial charge in [-0.1, -0.05) is 133 Å². The number of aliphatic carboxylic acids is 2. The zero-order chi connectivity index (χ0) is 51.7. The molecule has 2 aliphatic carbocycles. The summed E-state index contributed by atoms with van der Waals surface area (Å²) >= 11 is 0. The SMILES string of the molecule is CC(C)(Cc1ccc2ccccc2c1)NC[C@@H](O)CO[C@@H](c1ccccc1CO)C1CC1.CC(C)(Cc1ccc2ccccc2c1)NC[C@@H](O)CO[C@@H](c1ccccc1CO)C1CC1.O=C(O)/C=C/C(=O)O. The number of fused-ring (bicyclic) bond motifs is 2. The Balaban J connectivity index is 0.000000205. The molecule has 12 nitrogen and oxygen atoms in total. The molecule has 8 N–H and O–H groups in total. The third-order valence-electron chi connectivity index (χ3n) is 13.0. The first kappa shape index (κ1) is 55.5. The smallest absolute Gasteiger partial charge is 0.328 e. The first-order valence-corrected chi connectivity index (χ1v) is 25.1. The van der Waals surface area contributed by atoms with Crippen LogP contribution in [0.3, 0.4) is 0 Å². The van der Waals surface area contributed by atoms with E-state index < -0.39 is 24.1 Å². The lowest BCUT2D eigenvalue weighted by Crippen LogP contribution is -2.46. The van der Waals surface area contributed by atoms with E-state index in [1.54, 1.807) is 0 Å². The number of ether oxygens (including phenoxy) is 2. The number of β-amino-alcohol motifs (C(OH)–C–C–N with tert-alkyl or cyclic N) is 2. The molecule has 2 fully saturated rings. The number of carboxylic acid groups (broad SMARTS) is 2. The lowest BCUT2D eigenvalue weighted by molar-refractivity contribution is -0.134. The molecule has 4 atom stereocenters. The highest BCUT2D eigenvalue weighted by Gasteiger charge is 2.36. The van der Waals surface area contributed by atoms with Crippen LogP contribution in [-0.2, 0) is 45.1 Å². The van der Waals surface area contributed by atoms with E-state index in [4.69, 9.17) is 19.7 Å². The van der Waals surface area contributed by atoms with Gasteiger partial charge >= 0.3 is 11.9 Å². The number of benzene rings is 6. The average Bonchev–Trinajstić information content (AvgIpc) is 4.32. The second-order valence-electron chi connectivity index (χ2n) is 20.5. The van der Waals surface area contributed by atoms with Gasteiger partial charge in [0.1, 0.15) is 0 Å². The third kappa shape index (κ3) is 18.0. The van der Waals surface area contributed by atoms with Crippen LogP contribution in [0.25, 0.3) is 21.5 Å². The van der Waals surface area contributed by atoms with Gasteiger partial charge in [-0.15, -0.1) is 0 Å². The summed E-state index contributed by atoms with van der Waals surface area (Å²) in [5.74, 6) is -1.56. The van der Waals surface area contributed by atoms with Gasteiger partial charge in [-0.3, -0.25) is 0 Å². The summed E-state index contributed by atoms with van der Waals surface area (Å²) in [5, 5.41) is 68.3. The maximum Gasteiger partial charge on any atom is 0.328 e. The van der Waals surface area contributed by atoms with Crippen molar-refractivity contribution in [1.82, 2.24) is 10.6 Å². The molecular weight excluding hydrogens is 909 g/mol. The van der Waals surface area contributed by atoms with Crippen LogP contribution in [-0.4, -0.2) is 92.2 Å². The zero-order valence-corrected chi connectivity index (χ0v) is 42.1. The molecule has 8 rings (SSSR count). The maximum atomic E-state index is 10.6. The van der Waals surface area contributed by atoms with E-state index in [0.29, 0.717) is 37.1 Å². The topological polar surface area (TPSA) is 198 Å². The Labute approximate surface area is 424 Å². The largest absolute Gasteiger partial charge is 0.478 e. The first-order valence-electron chi connectivity index (χ1n) is 25.1. The number of aliphatic hydroxyl groups excluding tert-OH is 4. The molecule has 6 aromatic rings. The number of carboxylic acids is 2. The number of nitrogens with one attached hydrogen (secondary N) is 2. The van der Waals surface area contributed by atoms with Crippen molar-refractivity contribution in [2.75, 3.05) is 26.3 Å². The second kappa shape index (κ2) is 26.8. The number of carbonyl (C=O) groups is 2. The van der Waals surface area contributed by atoms with Crippen molar-refractivity contribution in [3.8, 4) is 0 Å². The van der Waals surface area contributed by atoms with Crippen LogP contribution in [0.5, 0.6) is 0 Å². The molecule has 2 aliphatic rings. The predicted molar refractivity (Wildman–Crippen MR) is 283 cm³/mol. The fourth-order valence-corrected chi connectivity index (χ4v) is 8.99. The Kier molecular flexibility index (Phi) is 20.6. The Bertz CT molecular complexity index is 2510. The summed E-state index contributed by atoms with van der Waals surface area (Å²) in [6, 6.07) is 45.8. The molecule has 0 aliphatic heterocycles. The minimum Gasteiger partial charge on any atom is -0.478 e. The van der Waals surface area contributed by atoms with E-state index in [1.165, 1.54) is 32.7 Å². The highest BCUT2D eigenvalue weighted by Crippen LogP contribution is 2.45. The van der Waals surface area contributed by atoms with Gasteiger partial charge in [0.2, 0.25) is 0 Å². The van der Waals surface area contributed by atoms with Crippen LogP contribution in [0.2, 0.25) is 0 Å². The van der Waals surface area contributed by atoms with Gasteiger partial charge in [-0.25, -0.2) is 9.59 Å². The summed E-state index contributed by atoms with van der Waals surface area (Å²) in [4.78, 5) is 19.1. The second-order valence-corrected chi connectivity index (χ2v) is 20.5. The van der Waals surface area contributed by atoms with Gasteiger partial charge in [-0.05, 0) is 133 Å². The molecule has 12 heteroatoms. The summed E-state index contributed by atoms with van der Waals surface area (Å²) in [6.45, 7) is 10.2. The van der Waals surface area contributed by atoms with Gasteiger partial charge in [0.15, 0.2) is 0 Å². The van der Waals surface area contributed by atoms with Gasteiger partial charge < -0.3 is 50.7 Å². The third-order valence-corrected chi connectivity index (χ3v) is 13.0. The van der Waals surface area contributed by atoms with Crippen LogP contribution in [0.15, 0.2) is 146 Å². The van der Waals surface area contributed by atoms with Crippen LogP contribution in [0, 0.1) is 11.8 Å². The first-order chi connectivity index (χ1) is 34.5. The van der Waals surface area contributed by atoms with E-state index in [2.05, 4.69) is 123 Å². The predicted octanol–water partition coefficient (Wildman–Crippen LogP) is 9.26. The Morgan fingerprint density at radius 1 is 0.542 bits per heavy atom. The van der Waals surface area contributed by atoms with E-state index in [-0.39, 0.29) is 49.7 Å². The molecule has 6 aromatic carbocycles. The lowest BCUT2D eigenvalue weighted by atomic mass is 9.93. The normalized spacial score (nSPS) is 15.5. The fraction of sp³-hybridized carbons (Fsp3) is 0.400. The minimum atomic E-state index is -1.26. The van der Waals surface area contributed by atoms with Gasteiger partial charge in [0, 0.05) is 36.3 Å². The fourth-order valence-electron chi connectivity index (χ4n) is 8.99. The van der Waals surface area contributed by atoms with Gasteiger partial charge in [0.25, 0.3) is 0 Å². The number of hydrogen-bond donors (Lipinski definition) is 8. The monoisotopic (exact) mass is 983 g/mol. The van der Waals surface area contributed by atoms with E-state index in [9.17, 15) is 30.0 Å². The molecule has 2 saturated carbocycles. The summed E-state index contributed by atoms with van der Waals surface area (Å²) in [6.07, 6.45) is 6.12. The molecule has 0 saturated heterocycles. The Morgan fingerprint density at radius 2 is 0.889 bits per heavy atom. The minimum absolute atomic E-state index is 0.00975. The highest BCUT2D eigenvalue weighted by molar-refractivity contribution is 5.89. The Morgan fingerprint density at radius 3 is 1.24 bits per heavy atom. The van der Waals surface area contributed by atoms with Crippen LogP contribution in [0.4, 0.5) is 0 Å². The molecule has 0 amide bonds. The van der Waals surface area contributed by atoms with Crippen molar-refractivity contribution in [3.63, 3.8) is 0 Å². The standard InChI is InChI=1S/2C28H35NO3.C4H4O4/c2*1-28(2,16-20-11-12-21-7-3-4-8-23(21)15-20)29-17-25(31)19-32-27(22-13-14-22)26-10-6-5-9-24(26)18-30;5-3(6)1-2-4(7)8/h2*3-12,15,22,25,27,29-31H,13-14,16-19H2,1-2H3;1-2H,(H,5,6)(H,7,8)/b;;2-1+/t2*25-,27-;/m11./s1. The number of rotatable bonds is 24. The molecule has 72 heavy (non-hydrogen) atoms. The lowest BCUT2D eigenvalue weighted by Gasteiger charge is -2.29. The van der Waals surface area contributed by atoms with Crippen molar-refractivity contribution < 1.29 is 49.7 Å². The van der Waals surface area contributed by atoms with Gasteiger partial charge in [-0.2, -0.15) is 0 Å². The molecule has 0 bridgehead atoms. The number of hydrogen-bond acceptors (Lipinski definition) is 10. The van der Waals surface area contributed by atoms with E-state index in [1.807, 2.05) is 48.5 Å². The molecule has 384 valence electrons. The van der Waals surface area contributed by atoms with Crippen LogP contribution < -0.4 is 10.6 Å². The number of aliphatic hydroxyl groups is 4. The average molecular weight is 983 g/mol. The summed E-state index contributed by atoms with van der Waals surface area (Å²) in [5.41, 5.74) is 6.18. The molecule has 0 spiro atoms. The van der Waals surface area contributed by atoms with E-state index in [0.717, 1.165) is 60.8 Å². The van der Waals surface area contributed by atoms with Crippen LogP contribution in [0.1, 0.15) is 99.0 Å². The summed E-state index contributed by atoms with van der Waals surface area (Å²) in [7, 11) is 0. The van der Waals surface area contributed by atoms with Crippen molar-refractivity contribution in [3.05, 3.63) is 179 Å². The quantitative estimate of drug-likeness (QED) is 0.0268. The van der Waals surface area contributed by atoms with E-state index >= 15 is 0 Å². The molecule has 0 aromatic heterocycles. The maximum absolute atomic E-state index is 10.6. The Hall–Kier alpha value is -5.80. The molecule has 0 radical (unpaired) electrons.